The van der Waals surface area contributed by atoms with Crippen LogP contribution in [0.15, 0.2) is 30.6 Å². The molecule has 1 aromatic carbocycles. The lowest BCUT2D eigenvalue weighted by atomic mass is 10.3. The van der Waals surface area contributed by atoms with Gasteiger partial charge in [0.05, 0.1) is 22.8 Å². The quantitative estimate of drug-likeness (QED) is 0.798. The third kappa shape index (κ3) is 2.84. The maximum atomic E-state index is 13.5. The zero-order valence-corrected chi connectivity index (χ0v) is 10.0. The molecule has 17 heavy (non-hydrogen) atoms. The molecule has 1 heterocycles. The highest BCUT2D eigenvalue weighted by Gasteiger charge is 2.09. The number of alkyl halides is 1. The number of ether oxygens (including phenoxy) is 1. The highest BCUT2D eigenvalue weighted by atomic mass is 35.5. The molecular formula is C11H7Cl2FN2O. The minimum Gasteiger partial charge on any atom is -0.434 e. The fourth-order valence-corrected chi connectivity index (χ4v) is 1.47. The molecular weight excluding hydrogens is 266 g/mol. The summed E-state index contributed by atoms with van der Waals surface area (Å²) in [6.45, 7) is 0. The average molecular weight is 273 g/mol. The monoisotopic (exact) mass is 272 g/mol. The van der Waals surface area contributed by atoms with E-state index in [0.717, 1.165) is 0 Å². The van der Waals surface area contributed by atoms with Gasteiger partial charge in [0.2, 0.25) is 5.88 Å². The number of benzene rings is 1. The molecule has 0 bridgehead atoms. The molecule has 0 atom stereocenters. The second kappa shape index (κ2) is 5.29. The summed E-state index contributed by atoms with van der Waals surface area (Å²) in [7, 11) is 0. The topological polar surface area (TPSA) is 35.0 Å². The molecule has 0 saturated carbocycles. The van der Waals surface area contributed by atoms with Crippen LogP contribution in [0.25, 0.3) is 0 Å². The lowest BCUT2D eigenvalue weighted by Gasteiger charge is -2.06. The molecule has 0 aliphatic rings. The molecule has 3 nitrogen and oxygen atoms in total. The van der Waals surface area contributed by atoms with E-state index in [-0.39, 0.29) is 22.5 Å². The minimum absolute atomic E-state index is 0.00137. The summed E-state index contributed by atoms with van der Waals surface area (Å²) in [5.74, 6) is -0.252. The fraction of sp³-hybridized carbons (Fsp3) is 0.0909. The summed E-state index contributed by atoms with van der Waals surface area (Å²) in [6.07, 6.45) is 2.88. The second-order valence-electron chi connectivity index (χ2n) is 3.14. The Bertz CT molecular complexity index is 537. The largest absolute Gasteiger partial charge is 0.434 e. The van der Waals surface area contributed by atoms with Gasteiger partial charge in [-0.05, 0) is 12.1 Å². The summed E-state index contributed by atoms with van der Waals surface area (Å²) >= 11 is 11.2. The van der Waals surface area contributed by atoms with E-state index in [0.29, 0.717) is 5.69 Å². The predicted molar refractivity (Wildman–Crippen MR) is 63.1 cm³/mol. The third-order valence-electron chi connectivity index (χ3n) is 1.93. The van der Waals surface area contributed by atoms with E-state index in [1.165, 1.54) is 24.5 Å². The van der Waals surface area contributed by atoms with Crippen molar-refractivity contribution < 1.29 is 9.13 Å². The van der Waals surface area contributed by atoms with Gasteiger partial charge in [0.25, 0.3) is 0 Å². The van der Waals surface area contributed by atoms with E-state index in [1.807, 2.05) is 0 Å². The lowest BCUT2D eigenvalue weighted by Crippen LogP contribution is -1.95. The normalized spacial score (nSPS) is 10.3. The Morgan fingerprint density at radius 1 is 1.29 bits per heavy atom. The summed E-state index contributed by atoms with van der Waals surface area (Å²) < 4.78 is 18.8. The zero-order chi connectivity index (χ0) is 12.3. The molecule has 0 aliphatic heterocycles. The zero-order valence-electron chi connectivity index (χ0n) is 8.53. The van der Waals surface area contributed by atoms with Crippen LogP contribution in [0.2, 0.25) is 5.02 Å². The van der Waals surface area contributed by atoms with Crippen LogP contribution in [0.1, 0.15) is 5.69 Å². The molecule has 0 radical (unpaired) electrons. The van der Waals surface area contributed by atoms with Crippen molar-refractivity contribution in [2.45, 2.75) is 5.88 Å². The maximum absolute atomic E-state index is 13.5. The molecule has 0 amide bonds. The van der Waals surface area contributed by atoms with Crippen LogP contribution in [0.4, 0.5) is 4.39 Å². The molecule has 0 fully saturated rings. The van der Waals surface area contributed by atoms with E-state index in [9.17, 15) is 4.39 Å². The summed E-state index contributed by atoms with van der Waals surface area (Å²) in [5, 5.41) is -0.0102. The Hall–Kier alpha value is -1.39. The number of hydrogen-bond acceptors (Lipinski definition) is 3. The van der Waals surface area contributed by atoms with Crippen molar-refractivity contribution in [1.29, 1.82) is 0 Å². The van der Waals surface area contributed by atoms with Crippen LogP contribution in [0.3, 0.4) is 0 Å². The molecule has 88 valence electrons. The number of halogens is 3. The predicted octanol–water partition coefficient (Wildman–Crippen LogP) is 3.80. The van der Waals surface area contributed by atoms with Gasteiger partial charge in [0.15, 0.2) is 11.6 Å². The van der Waals surface area contributed by atoms with E-state index in [4.69, 9.17) is 27.9 Å². The SMILES string of the molecule is Fc1c(Cl)cccc1Oc1cncc(CCl)n1. The van der Waals surface area contributed by atoms with Gasteiger partial charge in [0, 0.05) is 6.20 Å². The first-order chi connectivity index (χ1) is 8.20. The Labute approximate surface area is 107 Å². The van der Waals surface area contributed by atoms with Gasteiger partial charge >= 0.3 is 0 Å². The highest BCUT2D eigenvalue weighted by molar-refractivity contribution is 6.30. The lowest BCUT2D eigenvalue weighted by molar-refractivity contribution is 0.424. The Morgan fingerprint density at radius 3 is 2.88 bits per heavy atom. The maximum Gasteiger partial charge on any atom is 0.238 e. The molecule has 2 aromatic rings. The minimum atomic E-state index is -0.632. The second-order valence-corrected chi connectivity index (χ2v) is 3.81. The van der Waals surface area contributed by atoms with Crippen molar-refractivity contribution in [3.05, 3.63) is 47.1 Å². The van der Waals surface area contributed by atoms with Gasteiger partial charge in [0.1, 0.15) is 0 Å². The van der Waals surface area contributed by atoms with Crippen molar-refractivity contribution >= 4 is 23.2 Å². The van der Waals surface area contributed by atoms with Gasteiger partial charge in [-0.1, -0.05) is 17.7 Å². The average Bonchev–Trinajstić information content (AvgIpc) is 2.35. The number of nitrogens with zero attached hydrogens (tertiary/aromatic N) is 2. The van der Waals surface area contributed by atoms with E-state index in [2.05, 4.69) is 9.97 Å². The molecule has 0 unspecified atom stereocenters. The summed E-state index contributed by atoms with van der Waals surface area (Å²) in [6, 6.07) is 4.47. The standard InChI is InChI=1S/C11H7Cl2FN2O/c12-4-7-5-15-6-10(16-7)17-9-3-1-2-8(13)11(9)14/h1-3,5-6H,4H2. The van der Waals surface area contributed by atoms with Crippen LogP contribution in [-0.4, -0.2) is 9.97 Å². The van der Waals surface area contributed by atoms with Gasteiger partial charge in [-0.3, -0.25) is 4.98 Å². The highest BCUT2D eigenvalue weighted by Crippen LogP contribution is 2.27. The molecule has 0 N–H and O–H groups in total. The van der Waals surface area contributed by atoms with Crippen molar-refractivity contribution in [2.24, 2.45) is 0 Å². The van der Waals surface area contributed by atoms with Crippen LogP contribution in [0, 0.1) is 5.82 Å². The Balaban J connectivity index is 2.28. The molecule has 6 heteroatoms. The first kappa shape index (κ1) is 12.1. The first-order valence-electron chi connectivity index (χ1n) is 4.69. The number of rotatable bonds is 3. The van der Waals surface area contributed by atoms with Gasteiger partial charge in [-0.15, -0.1) is 11.6 Å². The Kier molecular flexibility index (Phi) is 3.76. The molecule has 0 aliphatic carbocycles. The summed E-state index contributed by atoms with van der Waals surface area (Å²) in [4.78, 5) is 7.91. The van der Waals surface area contributed by atoms with E-state index >= 15 is 0 Å². The van der Waals surface area contributed by atoms with Crippen molar-refractivity contribution in [3.8, 4) is 11.6 Å². The van der Waals surface area contributed by atoms with E-state index in [1.54, 1.807) is 6.07 Å². The van der Waals surface area contributed by atoms with Gasteiger partial charge in [-0.25, -0.2) is 9.37 Å². The fourth-order valence-electron chi connectivity index (χ4n) is 1.18. The molecule has 1 aromatic heterocycles. The molecule has 0 saturated heterocycles. The van der Waals surface area contributed by atoms with Crippen LogP contribution in [0.5, 0.6) is 11.6 Å². The molecule has 2 rings (SSSR count). The number of hydrogen-bond donors (Lipinski definition) is 0. The van der Waals surface area contributed by atoms with Crippen molar-refractivity contribution in [2.75, 3.05) is 0 Å². The van der Waals surface area contributed by atoms with Crippen molar-refractivity contribution in [1.82, 2.24) is 9.97 Å². The van der Waals surface area contributed by atoms with Crippen molar-refractivity contribution in [3.63, 3.8) is 0 Å². The Morgan fingerprint density at radius 2 is 2.12 bits per heavy atom. The van der Waals surface area contributed by atoms with Crippen LogP contribution < -0.4 is 4.74 Å². The third-order valence-corrected chi connectivity index (χ3v) is 2.50. The van der Waals surface area contributed by atoms with Crippen LogP contribution >= 0.6 is 23.2 Å². The summed E-state index contributed by atoms with van der Waals surface area (Å²) in [5.41, 5.74) is 0.548. The first-order valence-corrected chi connectivity index (χ1v) is 5.60. The smallest absolute Gasteiger partial charge is 0.238 e. The van der Waals surface area contributed by atoms with Gasteiger partial charge < -0.3 is 4.74 Å². The molecule has 0 spiro atoms. The van der Waals surface area contributed by atoms with Crippen LogP contribution in [-0.2, 0) is 5.88 Å². The van der Waals surface area contributed by atoms with E-state index < -0.39 is 5.82 Å². The number of aromatic nitrogens is 2. The van der Waals surface area contributed by atoms with Gasteiger partial charge in [-0.2, -0.15) is 0 Å².